The lowest BCUT2D eigenvalue weighted by Crippen LogP contribution is -2.34. The number of aliphatic hydroxyl groups excluding tert-OH is 1. The first kappa shape index (κ1) is 17.1. The second kappa shape index (κ2) is 6.64. The number of hydrogen-bond acceptors (Lipinski definition) is 5. The zero-order chi connectivity index (χ0) is 15.4. The van der Waals surface area contributed by atoms with Gasteiger partial charge in [-0.15, -0.1) is 0 Å². The Morgan fingerprint density at radius 1 is 1.05 bits per heavy atom. The number of nitrogens with one attached hydrogen (secondary N) is 2. The van der Waals surface area contributed by atoms with Crippen LogP contribution in [0.15, 0.2) is 29.2 Å². The summed E-state index contributed by atoms with van der Waals surface area (Å²) < 4.78 is 49.9. The summed E-state index contributed by atoms with van der Waals surface area (Å²) in [6, 6.07) is 5.81. The molecule has 0 amide bonds. The average Bonchev–Trinajstić information content (AvgIpc) is 2.34. The fourth-order valence-corrected chi connectivity index (χ4v) is 2.94. The quantitative estimate of drug-likeness (QED) is 0.590. The van der Waals surface area contributed by atoms with E-state index in [1.807, 2.05) is 0 Å². The number of rotatable bonds is 7. The van der Waals surface area contributed by atoms with E-state index in [0.29, 0.717) is 5.56 Å². The molecule has 0 aromatic heterocycles. The highest BCUT2D eigenvalue weighted by Gasteiger charge is 2.14. The first-order valence-electron chi connectivity index (χ1n) is 5.84. The van der Waals surface area contributed by atoms with E-state index in [2.05, 4.69) is 9.44 Å². The predicted molar refractivity (Wildman–Crippen MR) is 75.1 cm³/mol. The normalized spacial score (nSPS) is 14.2. The van der Waals surface area contributed by atoms with Gasteiger partial charge < -0.3 is 5.11 Å². The van der Waals surface area contributed by atoms with Gasteiger partial charge >= 0.3 is 0 Å². The lowest BCUT2D eigenvalue weighted by molar-refractivity contribution is 0.199. The maximum atomic E-state index is 11.9. The van der Waals surface area contributed by atoms with Crippen LogP contribution in [0.2, 0.25) is 0 Å². The molecule has 1 rings (SSSR count). The van der Waals surface area contributed by atoms with E-state index < -0.39 is 26.2 Å². The number of sulfonamides is 2. The summed E-state index contributed by atoms with van der Waals surface area (Å²) >= 11 is 0. The molecule has 0 aliphatic carbocycles. The van der Waals surface area contributed by atoms with Gasteiger partial charge in [-0.1, -0.05) is 12.1 Å². The van der Waals surface area contributed by atoms with E-state index in [9.17, 15) is 21.9 Å². The molecule has 7 nitrogen and oxygen atoms in total. The van der Waals surface area contributed by atoms with Crippen LogP contribution in [0, 0.1) is 0 Å². The molecule has 1 aromatic carbocycles. The summed E-state index contributed by atoms with van der Waals surface area (Å²) in [7, 11) is -7.02. The summed E-state index contributed by atoms with van der Waals surface area (Å²) in [5.74, 6) is 0. The molecule has 0 radical (unpaired) electrons. The minimum absolute atomic E-state index is 0.0240. The molecule has 1 aromatic rings. The summed E-state index contributed by atoms with van der Waals surface area (Å²) in [5.41, 5.74) is 0.614. The van der Waals surface area contributed by atoms with Crippen molar-refractivity contribution < 1.29 is 21.9 Å². The Labute approximate surface area is 119 Å². The fourth-order valence-electron chi connectivity index (χ4n) is 1.43. The lowest BCUT2D eigenvalue weighted by Gasteiger charge is -2.09. The highest BCUT2D eigenvalue weighted by molar-refractivity contribution is 7.89. The van der Waals surface area contributed by atoms with Crippen molar-refractivity contribution in [2.24, 2.45) is 0 Å². The molecule has 114 valence electrons. The first-order valence-corrected chi connectivity index (χ1v) is 9.21. The Morgan fingerprint density at radius 3 is 2.00 bits per heavy atom. The predicted octanol–water partition coefficient (Wildman–Crippen LogP) is -0.433. The van der Waals surface area contributed by atoms with E-state index in [0.717, 1.165) is 6.26 Å². The third-order valence-corrected chi connectivity index (χ3v) is 4.66. The van der Waals surface area contributed by atoms with Gasteiger partial charge in [0.1, 0.15) is 0 Å². The zero-order valence-electron chi connectivity index (χ0n) is 11.2. The minimum atomic E-state index is -3.69. The molecule has 0 spiro atoms. The Kier molecular flexibility index (Phi) is 5.66. The van der Waals surface area contributed by atoms with Crippen molar-refractivity contribution in [1.29, 1.82) is 0 Å². The molecule has 0 saturated heterocycles. The van der Waals surface area contributed by atoms with Crippen LogP contribution in [0.25, 0.3) is 0 Å². The van der Waals surface area contributed by atoms with Gasteiger partial charge in [-0.25, -0.2) is 26.3 Å². The number of aliphatic hydroxyl groups is 1. The van der Waals surface area contributed by atoms with Crippen molar-refractivity contribution in [3.8, 4) is 0 Å². The van der Waals surface area contributed by atoms with Crippen LogP contribution in [-0.4, -0.2) is 41.3 Å². The third kappa shape index (κ3) is 5.55. The van der Waals surface area contributed by atoms with Crippen LogP contribution in [0.4, 0.5) is 0 Å². The molecule has 20 heavy (non-hydrogen) atoms. The van der Waals surface area contributed by atoms with E-state index in [4.69, 9.17) is 0 Å². The van der Waals surface area contributed by atoms with E-state index in [1.54, 1.807) is 6.92 Å². The molecule has 3 N–H and O–H groups in total. The highest BCUT2D eigenvalue weighted by Crippen LogP contribution is 2.15. The average molecular weight is 322 g/mol. The second-order valence-corrected chi connectivity index (χ2v) is 7.91. The minimum Gasteiger partial charge on any atom is -0.389 e. The largest absolute Gasteiger partial charge is 0.389 e. The van der Waals surface area contributed by atoms with Crippen molar-refractivity contribution in [3.63, 3.8) is 0 Å². The Bertz CT molecular complexity index is 636. The van der Waals surface area contributed by atoms with E-state index in [-0.39, 0.29) is 18.0 Å². The smallest absolute Gasteiger partial charge is 0.240 e. The van der Waals surface area contributed by atoms with Gasteiger partial charge in [0.15, 0.2) is 0 Å². The molecule has 0 aliphatic heterocycles. The summed E-state index contributed by atoms with van der Waals surface area (Å²) in [6.07, 6.45) is 0.328. The Balaban J connectivity index is 2.65. The molecule has 0 bridgehead atoms. The second-order valence-electron chi connectivity index (χ2n) is 4.31. The monoisotopic (exact) mass is 322 g/mol. The summed E-state index contributed by atoms with van der Waals surface area (Å²) in [6.45, 7) is 1.51. The molecule has 0 heterocycles. The van der Waals surface area contributed by atoms with Gasteiger partial charge in [-0.2, -0.15) is 0 Å². The molecule has 0 aliphatic rings. The van der Waals surface area contributed by atoms with Crippen molar-refractivity contribution >= 4 is 20.0 Å². The molecule has 0 fully saturated rings. The van der Waals surface area contributed by atoms with Crippen molar-refractivity contribution in [3.05, 3.63) is 29.8 Å². The Morgan fingerprint density at radius 2 is 1.55 bits per heavy atom. The molecular weight excluding hydrogens is 304 g/mol. The van der Waals surface area contributed by atoms with Gasteiger partial charge in [-0.3, -0.25) is 0 Å². The zero-order valence-corrected chi connectivity index (χ0v) is 12.8. The first-order chi connectivity index (χ1) is 9.12. The summed E-state index contributed by atoms with van der Waals surface area (Å²) in [5, 5.41) is 9.34. The van der Waals surface area contributed by atoms with E-state index >= 15 is 0 Å². The third-order valence-electron chi connectivity index (χ3n) is 2.45. The van der Waals surface area contributed by atoms with Gasteiger partial charge in [0.05, 0.1) is 17.3 Å². The maximum absolute atomic E-state index is 11.9. The maximum Gasteiger partial charge on any atom is 0.240 e. The van der Waals surface area contributed by atoms with Gasteiger partial charge in [0.2, 0.25) is 20.0 Å². The van der Waals surface area contributed by atoms with Crippen LogP contribution in [0.3, 0.4) is 0 Å². The van der Waals surface area contributed by atoms with Gasteiger partial charge in [0.25, 0.3) is 0 Å². The van der Waals surface area contributed by atoms with Crippen molar-refractivity contribution in [2.45, 2.75) is 17.9 Å². The van der Waals surface area contributed by atoms with E-state index in [1.165, 1.54) is 24.3 Å². The van der Waals surface area contributed by atoms with Crippen LogP contribution >= 0.6 is 0 Å². The van der Waals surface area contributed by atoms with Crippen molar-refractivity contribution in [2.75, 3.05) is 19.3 Å². The SMILES string of the molecule is CC(O)c1ccc(S(=O)(=O)NCCNS(C)(=O)=O)cc1. The molecule has 1 atom stereocenters. The van der Waals surface area contributed by atoms with Crippen LogP contribution in [0.1, 0.15) is 18.6 Å². The summed E-state index contributed by atoms with van der Waals surface area (Å²) in [4.78, 5) is 0.0567. The van der Waals surface area contributed by atoms with Gasteiger partial charge in [-0.05, 0) is 24.6 Å². The lowest BCUT2D eigenvalue weighted by atomic mass is 10.1. The standard InChI is InChI=1S/C11H18N2O5S2/c1-9(14)10-3-5-11(6-4-10)20(17,18)13-8-7-12-19(2,15)16/h3-6,9,12-14H,7-8H2,1-2H3. The highest BCUT2D eigenvalue weighted by atomic mass is 32.2. The fraction of sp³-hybridized carbons (Fsp3) is 0.455. The van der Waals surface area contributed by atoms with Gasteiger partial charge in [0, 0.05) is 13.1 Å². The molecular formula is C11H18N2O5S2. The van der Waals surface area contributed by atoms with Crippen LogP contribution in [0.5, 0.6) is 0 Å². The molecule has 0 saturated carbocycles. The van der Waals surface area contributed by atoms with Crippen LogP contribution in [-0.2, 0) is 20.0 Å². The van der Waals surface area contributed by atoms with Crippen LogP contribution < -0.4 is 9.44 Å². The number of hydrogen-bond donors (Lipinski definition) is 3. The molecule has 9 heteroatoms. The topological polar surface area (TPSA) is 113 Å². The number of benzene rings is 1. The van der Waals surface area contributed by atoms with Crippen molar-refractivity contribution in [1.82, 2.24) is 9.44 Å². The molecule has 1 unspecified atom stereocenters. The Hall–Kier alpha value is -1.00.